The number of thioether (sulfide) groups is 1. The Bertz CT molecular complexity index is 602. The second-order valence-electron chi connectivity index (χ2n) is 4.54. The molecule has 0 spiro atoms. The molecule has 0 bridgehead atoms. The highest BCUT2D eigenvalue weighted by molar-refractivity contribution is 9.10. The van der Waals surface area contributed by atoms with Crippen molar-refractivity contribution >= 4 is 33.4 Å². The maximum Gasteiger partial charge on any atom is 0.147 e. The highest BCUT2D eigenvalue weighted by atomic mass is 79.9. The van der Waals surface area contributed by atoms with E-state index in [2.05, 4.69) is 39.4 Å². The minimum absolute atomic E-state index is 0.172. The van der Waals surface area contributed by atoms with Crippen LogP contribution >= 0.6 is 27.7 Å². The zero-order chi connectivity index (χ0) is 13.2. The van der Waals surface area contributed by atoms with Crippen LogP contribution in [0.4, 0.5) is 10.1 Å². The lowest BCUT2D eigenvalue weighted by molar-refractivity contribution is 0.626. The lowest BCUT2D eigenvalue weighted by Crippen LogP contribution is -2.19. The molecule has 2 aromatic carbocycles. The molecule has 0 radical (unpaired) electrons. The van der Waals surface area contributed by atoms with Gasteiger partial charge in [-0.05, 0) is 29.3 Å². The van der Waals surface area contributed by atoms with E-state index < -0.39 is 0 Å². The number of nitrogens with one attached hydrogen (secondary N) is 1. The van der Waals surface area contributed by atoms with Gasteiger partial charge in [0.05, 0.1) is 11.7 Å². The fraction of sp³-hybridized carbons (Fsp3) is 0.200. The molecule has 1 aliphatic rings. The molecule has 1 nitrogen and oxygen atoms in total. The van der Waals surface area contributed by atoms with Gasteiger partial charge < -0.3 is 5.32 Å². The summed E-state index contributed by atoms with van der Waals surface area (Å²) < 4.78 is 14.6. The smallest absolute Gasteiger partial charge is 0.147 e. The molecule has 0 saturated carbocycles. The lowest BCUT2D eigenvalue weighted by Gasteiger charge is -2.27. The first-order valence-corrected chi connectivity index (χ1v) is 8.06. The molecule has 0 aromatic heterocycles. The highest BCUT2D eigenvalue weighted by Crippen LogP contribution is 2.34. The largest absolute Gasteiger partial charge is 0.375 e. The van der Waals surface area contributed by atoms with Gasteiger partial charge in [0, 0.05) is 16.0 Å². The third-order valence-electron chi connectivity index (χ3n) is 3.23. The number of halogens is 2. The molecule has 19 heavy (non-hydrogen) atoms. The predicted molar refractivity (Wildman–Crippen MR) is 83.1 cm³/mol. The number of rotatable bonds is 2. The van der Waals surface area contributed by atoms with Gasteiger partial charge in [-0.2, -0.15) is 11.8 Å². The quantitative estimate of drug-likeness (QED) is 0.828. The van der Waals surface area contributed by atoms with Crippen molar-refractivity contribution in [1.82, 2.24) is 0 Å². The van der Waals surface area contributed by atoms with Gasteiger partial charge in [0.2, 0.25) is 0 Å². The van der Waals surface area contributed by atoms with Crippen LogP contribution in [0.1, 0.15) is 17.2 Å². The van der Waals surface area contributed by atoms with Crippen LogP contribution in [0.5, 0.6) is 0 Å². The maximum atomic E-state index is 13.9. The molecular formula is C15H13BrFNS. The van der Waals surface area contributed by atoms with E-state index in [0.29, 0.717) is 5.69 Å². The molecule has 1 atom stereocenters. The first-order valence-electron chi connectivity index (χ1n) is 6.11. The second kappa shape index (κ2) is 5.55. The summed E-state index contributed by atoms with van der Waals surface area (Å²) in [6.07, 6.45) is 0. The zero-order valence-corrected chi connectivity index (χ0v) is 12.6. The van der Waals surface area contributed by atoms with E-state index in [1.165, 1.54) is 17.2 Å². The normalized spacial score (nSPS) is 17.9. The summed E-state index contributed by atoms with van der Waals surface area (Å²) in [4.78, 5) is 0. The van der Waals surface area contributed by atoms with Crippen LogP contribution in [0, 0.1) is 5.82 Å². The molecule has 1 aliphatic heterocycles. The Balaban J connectivity index is 1.88. The molecule has 98 valence electrons. The van der Waals surface area contributed by atoms with Crippen LogP contribution in [0.3, 0.4) is 0 Å². The van der Waals surface area contributed by atoms with Crippen molar-refractivity contribution in [2.45, 2.75) is 11.8 Å². The van der Waals surface area contributed by atoms with Gasteiger partial charge in [-0.3, -0.25) is 0 Å². The number of anilines is 1. The number of hydrogen-bond donors (Lipinski definition) is 1. The van der Waals surface area contributed by atoms with Crippen molar-refractivity contribution in [1.29, 1.82) is 0 Å². The number of benzene rings is 2. The Hall–Kier alpha value is -1.00. The van der Waals surface area contributed by atoms with E-state index in [4.69, 9.17) is 0 Å². The van der Waals surface area contributed by atoms with Crippen LogP contribution in [-0.2, 0) is 5.75 Å². The molecule has 0 aliphatic carbocycles. The molecule has 1 N–H and O–H groups in total. The van der Waals surface area contributed by atoms with E-state index in [0.717, 1.165) is 16.0 Å². The molecule has 4 heteroatoms. The Morgan fingerprint density at radius 2 is 2.05 bits per heavy atom. The molecule has 3 rings (SSSR count). The Kier molecular flexibility index (Phi) is 3.80. The van der Waals surface area contributed by atoms with Crippen molar-refractivity contribution in [3.8, 4) is 0 Å². The SMILES string of the molecule is Fc1cc(Br)ccc1NC1CSCc2ccccc21. The number of hydrogen-bond acceptors (Lipinski definition) is 2. The van der Waals surface area contributed by atoms with E-state index in [9.17, 15) is 4.39 Å². The lowest BCUT2D eigenvalue weighted by atomic mass is 10.0. The van der Waals surface area contributed by atoms with Crippen molar-refractivity contribution in [3.05, 3.63) is 63.9 Å². The minimum atomic E-state index is -0.220. The monoisotopic (exact) mass is 337 g/mol. The second-order valence-corrected chi connectivity index (χ2v) is 6.48. The Morgan fingerprint density at radius 3 is 2.89 bits per heavy atom. The van der Waals surface area contributed by atoms with Gasteiger partial charge in [-0.25, -0.2) is 4.39 Å². The van der Waals surface area contributed by atoms with Crippen molar-refractivity contribution in [2.24, 2.45) is 0 Å². The summed E-state index contributed by atoms with van der Waals surface area (Å²) in [6, 6.07) is 13.7. The predicted octanol–water partition coefficient (Wildman–Crippen LogP) is 4.99. The van der Waals surface area contributed by atoms with Crippen molar-refractivity contribution in [3.63, 3.8) is 0 Å². The molecule has 0 amide bonds. The van der Waals surface area contributed by atoms with Gasteiger partial charge in [0.25, 0.3) is 0 Å². The topological polar surface area (TPSA) is 12.0 Å². The van der Waals surface area contributed by atoms with Crippen LogP contribution < -0.4 is 5.32 Å². The summed E-state index contributed by atoms with van der Waals surface area (Å²) in [6.45, 7) is 0. The van der Waals surface area contributed by atoms with Gasteiger partial charge in [0.1, 0.15) is 5.82 Å². The molecule has 1 unspecified atom stereocenters. The van der Waals surface area contributed by atoms with E-state index >= 15 is 0 Å². The van der Waals surface area contributed by atoms with Gasteiger partial charge in [-0.1, -0.05) is 40.2 Å². The minimum Gasteiger partial charge on any atom is -0.375 e. The van der Waals surface area contributed by atoms with Gasteiger partial charge in [0.15, 0.2) is 0 Å². The summed E-state index contributed by atoms with van der Waals surface area (Å²) >= 11 is 5.16. The average molecular weight is 338 g/mol. The van der Waals surface area contributed by atoms with Crippen molar-refractivity contribution in [2.75, 3.05) is 11.1 Å². The Morgan fingerprint density at radius 1 is 1.21 bits per heavy atom. The first kappa shape index (κ1) is 13.0. The standard InChI is InChI=1S/C15H13BrFNS/c16-11-5-6-14(13(17)7-11)18-15-9-19-8-10-3-1-2-4-12(10)15/h1-7,15,18H,8-9H2. The van der Waals surface area contributed by atoms with Crippen LogP contribution in [-0.4, -0.2) is 5.75 Å². The van der Waals surface area contributed by atoms with E-state index in [1.807, 2.05) is 23.9 Å². The fourth-order valence-electron chi connectivity index (χ4n) is 2.30. The van der Waals surface area contributed by atoms with Gasteiger partial charge in [-0.15, -0.1) is 0 Å². The third kappa shape index (κ3) is 2.79. The van der Waals surface area contributed by atoms with Gasteiger partial charge >= 0.3 is 0 Å². The van der Waals surface area contributed by atoms with Crippen LogP contribution in [0.2, 0.25) is 0 Å². The third-order valence-corrected chi connectivity index (χ3v) is 4.81. The first-order chi connectivity index (χ1) is 9.24. The van der Waals surface area contributed by atoms with Crippen LogP contribution in [0.25, 0.3) is 0 Å². The maximum absolute atomic E-state index is 13.9. The summed E-state index contributed by atoms with van der Waals surface area (Å²) in [7, 11) is 0. The summed E-state index contributed by atoms with van der Waals surface area (Å²) in [5.41, 5.74) is 3.18. The zero-order valence-electron chi connectivity index (χ0n) is 10.2. The molecular weight excluding hydrogens is 325 g/mol. The van der Waals surface area contributed by atoms with Crippen molar-refractivity contribution < 1.29 is 4.39 Å². The molecule has 0 fully saturated rings. The molecule has 1 heterocycles. The summed E-state index contributed by atoms with van der Waals surface area (Å²) in [5, 5.41) is 3.32. The average Bonchev–Trinajstić information content (AvgIpc) is 2.42. The number of fused-ring (bicyclic) bond motifs is 1. The Labute approximate surface area is 124 Å². The van der Waals surface area contributed by atoms with Crippen LogP contribution in [0.15, 0.2) is 46.9 Å². The molecule has 0 saturated heterocycles. The van der Waals surface area contributed by atoms with E-state index in [1.54, 1.807) is 6.07 Å². The van der Waals surface area contributed by atoms with E-state index in [-0.39, 0.29) is 11.9 Å². The summed E-state index contributed by atoms with van der Waals surface area (Å²) in [5.74, 6) is 1.78. The highest BCUT2D eigenvalue weighted by Gasteiger charge is 2.20. The molecule has 2 aromatic rings. The fourth-order valence-corrected chi connectivity index (χ4v) is 3.73.